The van der Waals surface area contributed by atoms with E-state index in [4.69, 9.17) is 9.47 Å². The van der Waals surface area contributed by atoms with Gasteiger partial charge in [-0.25, -0.2) is 4.79 Å². The van der Waals surface area contributed by atoms with E-state index in [1.165, 1.54) is 13.2 Å². The van der Waals surface area contributed by atoms with Gasteiger partial charge < -0.3 is 19.3 Å². The predicted octanol–water partition coefficient (Wildman–Crippen LogP) is 2.57. The van der Waals surface area contributed by atoms with Crippen molar-refractivity contribution in [1.82, 2.24) is 0 Å². The van der Waals surface area contributed by atoms with Crippen LogP contribution in [0.2, 0.25) is 0 Å². The van der Waals surface area contributed by atoms with Crippen molar-refractivity contribution >= 4 is 5.97 Å². The summed E-state index contributed by atoms with van der Waals surface area (Å²) in [7, 11) is 2.95. The molecular formula is C18H26O5. The number of benzene rings is 1. The molecule has 1 N–H and O–H groups in total. The summed E-state index contributed by atoms with van der Waals surface area (Å²) >= 11 is 0. The molecule has 0 saturated heterocycles. The van der Waals surface area contributed by atoms with Crippen LogP contribution in [-0.4, -0.2) is 38.0 Å². The first kappa shape index (κ1) is 19.2. The lowest BCUT2D eigenvalue weighted by Crippen LogP contribution is -2.28. The Balaban J connectivity index is 2.38. The van der Waals surface area contributed by atoms with Crippen molar-refractivity contribution in [3.63, 3.8) is 0 Å². The van der Waals surface area contributed by atoms with Gasteiger partial charge in [-0.15, -0.1) is 0 Å². The topological polar surface area (TPSA) is 65.0 Å². The molecule has 0 fully saturated rings. The number of methoxy groups -OCH3 is 2. The van der Waals surface area contributed by atoms with Crippen LogP contribution in [0.3, 0.4) is 0 Å². The highest BCUT2D eigenvalue weighted by molar-refractivity contribution is 5.81. The fraction of sp³-hybridized carbons (Fsp3) is 0.500. The quantitative estimate of drug-likeness (QED) is 0.559. The Morgan fingerprint density at radius 1 is 1.22 bits per heavy atom. The number of ether oxygens (including phenoxy) is 3. The van der Waals surface area contributed by atoms with E-state index in [0.29, 0.717) is 13.2 Å². The Bertz CT molecular complexity index is 495. The van der Waals surface area contributed by atoms with Gasteiger partial charge in [-0.05, 0) is 17.7 Å². The number of aliphatic hydroxyl groups is 1. The van der Waals surface area contributed by atoms with Gasteiger partial charge in [0, 0.05) is 17.9 Å². The van der Waals surface area contributed by atoms with E-state index >= 15 is 0 Å². The van der Waals surface area contributed by atoms with Gasteiger partial charge in [0.2, 0.25) is 0 Å². The molecule has 0 amide bonds. The van der Waals surface area contributed by atoms with Crippen molar-refractivity contribution in [2.45, 2.75) is 26.6 Å². The smallest absolute Gasteiger partial charge is 0.330 e. The number of hydrogen-bond donors (Lipinski definition) is 1. The van der Waals surface area contributed by atoms with Crippen molar-refractivity contribution in [1.29, 1.82) is 0 Å². The number of rotatable bonds is 9. The molecule has 0 heterocycles. The molecule has 0 aliphatic carbocycles. The van der Waals surface area contributed by atoms with Gasteiger partial charge in [0.15, 0.2) is 0 Å². The second-order valence-corrected chi connectivity index (χ2v) is 5.57. The van der Waals surface area contributed by atoms with Gasteiger partial charge in [-0.2, -0.15) is 0 Å². The van der Waals surface area contributed by atoms with E-state index in [1.54, 1.807) is 13.2 Å². The number of aliphatic hydroxyl groups excluding tert-OH is 1. The first-order valence-corrected chi connectivity index (χ1v) is 7.62. The summed E-state index contributed by atoms with van der Waals surface area (Å²) in [5.74, 6) is 0.176. The second kappa shape index (κ2) is 10.0. The van der Waals surface area contributed by atoms with Crippen molar-refractivity contribution in [3.05, 3.63) is 42.0 Å². The molecule has 0 bridgehead atoms. The monoisotopic (exact) mass is 322 g/mol. The largest absolute Gasteiger partial charge is 0.497 e. The molecule has 0 spiro atoms. The SMILES string of the molecule is COC(=O)/C=C/[C@@H](C)[C@H](O)[C@@H](C)COCc1ccc(OC)cc1. The molecule has 5 heteroatoms. The minimum absolute atomic E-state index is 0.0504. The average molecular weight is 322 g/mol. The molecule has 1 aromatic rings. The third-order valence-corrected chi connectivity index (χ3v) is 3.67. The van der Waals surface area contributed by atoms with E-state index in [9.17, 15) is 9.90 Å². The minimum atomic E-state index is -0.591. The highest BCUT2D eigenvalue weighted by Crippen LogP contribution is 2.16. The summed E-state index contributed by atoms with van der Waals surface area (Å²) < 4.78 is 15.3. The van der Waals surface area contributed by atoms with Crippen LogP contribution in [-0.2, 0) is 20.9 Å². The van der Waals surface area contributed by atoms with Crippen molar-refractivity contribution in [2.75, 3.05) is 20.8 Å². The zero-order valence-corrected chi connectivity index (χ0v) is 14.2. The van der Waals surface area contributed by atoms with E-state index < -0.39 is 12.1 Å². The van der Waals surface area contributed by atoms with Crippen LogP contribution < -0.4 is 4.74 Å². The summed E-state index contributed by atoms with van der Waals surface area (Å²) in [5, 5.41) is 10.2. The Kier molecular flexibility index (Phi) is 8.37. The maximum atomic E-state index is 11.1. The summed E-state index contributed by atoms with van der Waals surface area (Å²) in [6.07, 6.45) is 2.39. The molecule has 0 aromatic heterocycles. The lowest BCUT2D eigenvalue weighted by atomic mass is 9.93. The van der Waals surface area contributed by atoms with E-state index in [1.807, 2.05) is 38.1 Å². The van der Waals surface area contributed by atoms with Crippen molar-refractivity contribution in [3.8, 4) is 5.75 Å². The molecule has 1 rings (SSSR count). The van der Waals surface area contributed by atoms with Gasteiger partial charge in [0.25, 0.3) is 0 Å². The Labute approximate surface area is 137 Å². The molecular weight excluding hydrogens is 296 g/mol. The first-order chi connectivity index (χ1) is 11.0. The highest BCUT2D eigenvalue weighted by Gasteiger charge is 2.19. The molecule has 0 unspecified atom stereocenters. The summed E-state index contributed by atoms with van der Waals surface area (Å²) in [4.78, 5) is 11.1. The van der Waals surface area contributed by atoms with Crippen molar-refractivity contribution < 1.29 is 24.1 Å². The molecule has 0 radical (unpaired) electrons. The molecule has 128 valence electrons. The lowest BCUT2D eigenvalue weighted by Gasteiger charge is -2.22. The molecule has 0 aliphatic heterocycles. The summed E-state index contributed by atoms with van der Waals surface area (Å²) in [6, 6.07) is 7.66. The van der Waals surface area contributed by atoms with Crippen LogP contribution in [0.1, 0.15) is 19.4 Å². The third-order valence-electron chi connectivity index (χ3n) is 3.67. The molecule has 23 heavy (non-hydrogen) atoms. The van der Waals surface area contributed by atoms with Gasteiger partial charge in [0.05, 0.1) is 33.5 Å². The van der Waals surface area contributed by atoms with Crippen LogP contribution in [0.15, 0.2) is 36.4 Å². The van der Waals surface area contributed by atoms with Gasteiger partial charge >= 0.3 is 5.97 Å². The molecule has 3 atom stereocenters. The fourth-order valence-electron chi connectivity index (χ4n) is 2.11. The second-order valence-electron chi connectivity index (χ2n) is 5.57. The van der Waals surface area contributed by atoms with Crippen molar-refractivity contribution in [2.24, 2.45) is 11.8 Å². The van der Waals surface area contributed by atoms with E-state index in [2.05, 4.69) is 4.74 Å². The van der Waals surface area contributed by atoms with Gasteiger partial charge in [-0.1, -0.05) is 32.1 Å². The number of carbonyl (C=O) groups excluding carboxylic acids is 1. The normalized spacial score (nSPS) is 15.2. The molecule has 1 aromatic carbocycles. The first-order valence-electron chi connectivity index (χ1n) is 7.62. The standard InChI is InChI=1S/C18H26O5/c1-13(5-10-17(19)22-4)18(20)14(2)11-23-12-15-6-8-16(21-3)9-7-15/h5-10,13-14,18,20H,11-12H2,1-4H3/b10-5+/t13-,14+,18+/m1/s1. The summed E-state index contributed by atoms with van der Waals surface area (Å²) in [5.41, 5.74) is 1.05. The Hall–Kier alpha value is -1.85. The van der Waals surface area contributed by atoms with Crippen LogP contribution >= 0.6 is 0 Å². The van der Waals surface area contributed by atoms with Gasteiger partial charge in [0.1, 0.15) is 5.75 Å². The van der Waals surface area contributed by atoms with Crippen LogP contribution in [0.25, 0.3) is 0 Å². The lowest BCUT2D eigenvalue weighted by molar-refractivity contribution is -0.134. The Morgan fingerprint density at radius 3 is 2.43 bits per heavy atom. The zero-order chi connectivity index (χ0) is 17.2. The molecule has 5 nitrogen and oxygen atoms in total. The van der Waals surface area contributed by atoms with Crippen LogP contribution in [0, 0.1) is 11.8 Å². The minimum Gasteiger partial charge on any atom is -0.497 e. The Morgan fingerprint density at radius 2 is 1.87 bits per heavy atom. The van der Waals surface area contributed by atoms with Crippen LogP contribution in [0.4, 0.5) is 0 Å². The average Bonchev–Trinajstić information content (AvgIpc) is 2.58. The highest BCUT2D eigenvalue weighted by atomic mass is 16.5. The maximum Gasteiger partial charge on any atom is 0.330 e. The number of hydrogen-bond acceptors (Lipinski definition) is 5. The van der Waals surface area contributed by atoms with Gasteiger partial charge in [-0.3, -0.25) is 0 Å². The zero-order valence-electron chi connectivity index (χ0n) is 14.2. The fourth-order valence-corrected chi connectivity index (χ4v) is 2.11. The third kappa shape index (κ3) is 6.84. The maximum absolute atomic E-state index is 11.1. The van der Waals surface area contributed by atoms with Crippen LogP contribution in [0.5, 0.6) is 5.75 Å². The molecule has 0 aliphatic rings. The van der Waals surface area contributed by atoms with E-state index in [-0.39, 0.29) is 11.8 Å². The number of carbonyl (C=O) groups is 1. The number of esters is 1. The van der Waals surface area contributed by atoms with E-state index in [0.717, 1.165) is 11.3 Å². The molecule has 0 saturated carbocycles. The predicted molar refractivity (Wildman–Crippen MR) is 88.1 cm³/mol. The summed E-state index contributed by atoms with van der Waals surface area (Å²) in [6.45, 7) is 4.68.